The second-order valence-corrected chi connectivity index (χ2v) is 5.92. The van der Waals surface area contributed by atoms with Crippen molar-refractivity contribution in [2.24, 2.45) is 0 Å². The van der Waals surface area contributed by atoms with Gasteiger partial charge in [0.2, 0.25) is 10.0 Å². The van der Waals surface area contributed by atoms with Crippen LogP contribution >= 0.6 is 0 Å². The maximum atomic E-state index is 13.2. The first-order chi connectivity index (χ1) is 8.90. The highest BCUT2D eigenvalue weighted by Crippen LogP contribution is 2.17. The zero-order chi connectivity index (χ0) is 14.5. The van der Waals surface area contributed by atoms with E-state index in [4.69, 9.17) is 4.74 Å². The predicted octanol–water partition coefficient (Wildman–Crippen LogP) is 0.858. The van der Waals surface area contributed by atoms with E-state index in [0.29, 0.717) is 12.1 Å². The Balaban J connectivity index is 3.02. The molecule has 1 aromatic rings. The molecule has 0 saturated heterocycles. The van der Waals surface area contributed by atoms with Crippen LogP contribution in [0.25, 0.3) is 0 Å². The van der Waals surface area contributed by atoms with E-state index in [-0.39, 0.29) is 17.5 Å². The largest absolute Gasteiger partial charge is 0.380 e. The second-order valence-electron chi connectivity index (χ2n) is 4.18. The first kappa shape index (κ1) is 16.0. The normalized spacial score (nSPS) is 13.5. The first-order valence-corrected chi connectivity index (χ1v) is 7.34. The Morgan fingerprint density at radius 1 is 1.42 bits per heavy atom. The van der Waals surface area contributed by atoms with Crippen LogP contribution in [-0.2, 0) is 21.3 Å². The molecule has 0 aliphatic carbocycles. The zero-order valence-electron chi connectivity index (χ0n) is 11.2. The number of ether oxygens (including phenoxy) is 1. The average Bonchev–Trinajstić information content (AvgIpc) is 2.38. The predicted molar refractivity (Wildman–Crippen MR) is 70.8 cm³/mol. The molecule has 0 radical (unpaired) electrons. The van der Waals surface area contributed by atoms with Gasteiger partial charge in [0.15, 0.2) is 0 Å². The molecule has 0 saturated carbocycles. The van der Waals surface area contributed by atoms with Crippen molar-refractivity contribution in [3.05, 3.63) is 29.6 Å². The highest BCUT2D eigenvalue weighted by molar-refractivity contribution is 7.89. The maximum Gasteiger partial charge on any atom is 0.241 e. The molecule has 19 heavy (non-hydrogen) atoms. The van der Waals surface area contributed by atoms with E-state index in [1.54, 1.807) is 14.0 Å². The van der Waals surface area contributed by atoms with Gasteiger partial charge in [-0.25, -0.2) is 17.5 Å². The van der Waals surface area contributed by atoms with E-state index in [9.17, 15) is 12.8 Å². The molecule has 1 unspecified atom stereocenters. The van der Waals surface area contributed by atoms with Crippen molar-refractivity contribution in [3.63, 3.8) is 0 Å². The summed E-state index contributed by atoms with van der Waals surface area (Å²) in [7, 11) is -0.563. The third kappa shape index (κ3) is 4.54. The molecule has 0 amide bonds. The van der Waals surface area contributed by atoms with Crippen LogP contribution in [0.2, 0.25) is 0 Å². The van der Waals surface area contributed by atoms with Gasteiger partial charge in [-0.05, 0) is 31.7 Å². The van der Waals surface area contributed by atoms with Gasteiger partial charge < -0.3 is 10.1 Å². The molecule has 7 heteroatoms. The number of rotatable bonds is 7. The fraction of sp³-hybridized carbons (Fsp3) is 0.500. The number of benzene rings is 1. The lowest BCUT2D eigenvalue weighted by molar-refractivity contribution is 0.122. The molecule has 0 spiro atoms. The molecule has 108 valence electrons. The quantitative estimate of drug-likeness (QED) is 0.781. The van der Waals surface area contributed by atoms with Crippen molar-refractivity contribution in [3.8, 4) is 0 Å². The van der Waals surface area contributed by atoms with E-state index in [1.165, 1.54) is 19.2 Å². The summed E-state index contributed by atoms with van der Waals surface area (Å²) in [5.41, 5.74) is 0.515. The third-order valence-corrected chi connectivity index (χ3v) is 4.15. The molecule has 1 aromatic carbocycles. The fourth-order valence-electron chi connectivity index (χ4n) is 1.50. The number of halogens is 1. The molecule has 0 aromatic heterocycles. The summed E-state index contributed by atoms with van der Waals surface area (Å²) in [6.07, 6.45) is -0.254. The molecule has 0 heterocycles. The Labute approximate surface area is 113 Å². The van der Waals surface area contributed by atoms with Gasteiger partial charge in [0.05, 0.1) is 11.0 Å². The Hall–Kier alpha value is -1.02. The highest BCUT2D eigenvalue weighted by Gasteiger charge is 2.19. The van der Waals surface area contributed by atoms with Crippen molar-refractivity contribution in [2.45, 2.75) is 24.5 Å². The molecule has 0 aliphatic rings. The van der Waals surface area contributed by atoms with Crippen LogP contribution in [0.3, 0.4) is 0 Å². The van der Waals surface area contributed by atoms with Gasteiger partial charge in [-0.2, -0.15) is 0 Å². The average molecular weight is 290 g/mol. The SMILES string of the molecule is CNCc1ccc(F)cc1S(=O)(=O)NCC(C)OC. The summed E-state index contributed by atoms with van der Waals surface area (Å²) in [6, 6.07) is 3.72. The Morgan fingerprint density at radius 2 is 2.11 bits per heavy atom. The van der Waals surface area contributed by atoms with Crippen LogP contribution in [0.15, 0.2) is 23.1 Å². The van der Waals surface area contributed by atoms with Crippen LogP contribution in [0.5, 0.6) is 0 Å². The molecule has 2 N–H and O–H groups in total. The minimum atomic E-state index is -3.75. The smallest absolute Gasteiger partial charge is 0.241 e. The standard InChI is InChI=1S/C12H19FN2O3S/c1-9(18-3)7-15-19(16,17)12-6-11(13)5-4-10(12)8-14-2/h4-6,9,14-15H,7-8H2,1-3H3. The molecular formula is C12H19FN2O3S. The topological polar surface area (TPSA) is 67.4 Å². The van der Waals surface area contributed by atoms with Gasteiger partial charge >= 0.3 is 0 Å². The fourth-order valence-corrected chi connectivity index (χ4v) is 2.87. The number of methoxy groups -OCH3 is 1. The van der Waals surface area contributed by atoms with Crippen molar-refractivity contribution in [1.82, 2.24) is 10.0 Å². The summed E-state index contributed by atoms with van der Waals surface area (Å²) in [6.45, 7) is 2.22. The molecule has 0 fully saturated rings. The number of hydrogen-bond donors (Lipinski definition) is 2. The van der Waals surface area contributed by atoms with Crippen LogP contribution in [-0.4, -0.2) is 35.2 Å². The zero-order valence-corrected chi connectivity index (χ0v) is 12.1. The Bertz CT molecular complexity index is 520. The van der Waals surface area contributed by atoms with Crippen molar-refractivity contribution >= 4 is 10.0 Å². The summed E-state index contributed by atoms with van der Waals surface area (Å²) in [4.78, 5) is -0.0508. The minimum Gasteiger partial charge on any atom is -0.380 e. The minimum absolute atomic E-state index is 0.0508. The van der Waals surface area contributed by atoms with E-state index in [2.05, 4.69) is 10.0 Å². The lowest BCUT2D eigenvalue weighted by atomic mass is 10.2. The first-order valence-electron chi connectivity index (χ1n) is 5.86. The molecule has 1 atom stereocenters. The van der Waals surface area contributed by atoms with Gasteiger partial charge in [-0.1, -0.05) is 6.07 Å². The van der Waals surface area contributed by atoms with Gasteiger partial charge in [-0.3, -0.25) is 0 Å². The summed E-state index contributed by atoms with van der Waals surface area (Å²) < 4.78 is 44.9. The van der Waals surface area contributed by atoms with Crippen LogP contribution in [0.1, 0.15) is 12.5 Å². The summed E-state index contributed by atoms with van der Waals surface area (Å²) in [5.74, 6) is -0.583. The highest BCUT2D eigenvalue weighted by atomic mass is 32.2. The third-order valence-electron chi connectivity index (χ3n) is 2.65. The van der Waals surface area contributed by atoms with E-state index in [0.717, 1.165) is 6.07 Å². The van der Waals surface area contributed by atoms with Crippen LogP contribution in [0, 0.1) is 5.82 Å². The van der Waals surface area contributed by atoms with Gasteiger partial charge in [0.25, 0.3) is 0 Å². The van der Waals surface area contributed by atoms with Gasteiger partial charge in [0.1, 0.15) is 5.82 Å². The van der Waals surface area contributed by atoms with Crippen molar-refractivity contribution < 1.29 is 17.5 Å². The van der Waals surface area contributed by atoms with E-state index >= 15 is 0 Å². The maximum absolute atomic E-state index is 13.2. The van der Waals surface area contributed by atoms with Gasteiger partial charge in [-0.15, -0.1) is 0 Å². The Morgan fingerprint density at radius 3 is 2.68 bits per heavy atom. The monoisotopic (exact) mass is 290 g/mol. The van der Waals surface area contributed by atoms with Gasteiger partial charge in [0, 0.05) is 20.2 Å². The number of sulfonamides is 1. The van der Waals surface area contributed by atoms with Crippen LogP contribution in [0.4, 0.5) is 4.39 Å². The molecule has 0 bridgehead atoms. The van der Waals surface area contributed by atoms with E-state index in [1.807, 2.05) is 0 Å². The number of nitrogens with one attached hydrogen (secondary N) is 2. The molecular weight excluding hydrogens is 271 g/mol. The lowest BCUT2D eigenvalue weighted by Gasteiger charge is -2.14. The van der Waals surface area contributed by atoms with Crippen molar-refractivity contribution in [2.75, 3.05) is 20.7 Å². The lowest BCUT2D eigenvalue weighted by Crippen LogP contribution is -2.32. The second kappa shape index (κ2) is 6.95. The summed E-state index contributed by atoms with van der Waals surface area (Å²) in [5, 5.41) is 2.85. The number of hydrogen-bond acceptors (Lipinski definition) is 4. The van der Waals surface area contributed by atoms with Crippen LogP contribution < -0.4 is 10.0 Å². The summed E-state index contributed by atoms with van der Waals surface area (Å²) >= 11 is 0. The molecule has 5 nitrogen and oxygen atoms in total. The molecule has 0 aliphatic heterocycles. The van der Waals surface area contributed by atoms with E-state index < -0.39 is 15.8 Å². The Kier molecular flexibility index (Phi) is 5.86. The van der Waals surface area contributed by atoms with Crippen molar-refractivity contribution in [1.29, 1.82) is 0 Å². The molecule has 1 rings (SSSR count).